The summed E-state index contributed by atoms with van der Waals surface area (Å²) in [5.41, 5.74) is 4.61. The lowest BCUT2D eigenvalue weighted by atomic mass is 9.99. The second-order valence-electron chi connectivity index (χ2n) is 10.9. The fourth-order valence-electron chi connectivity index (χ4n) is 5.50. The first-order chi connectivity index (χ1) is 18.3. The van der Waals surface area contributed by atoms with Crippen LogP contribution in [0.5, 0.6) is 5.75 Å². The predicted octanol–water partition coefficient (Wildman–Crippen LogP) is 9.84. The maximum atomic E-state index is 5.98. The molecule has 0 atom stereocenters. The Kier molecular flexibility index (Phi) is 11.5. The van der Waals surface area contributed by atoms with E-state index in [2.05, 4.69) is 65.4 Å². The zero-order chi connectivity index (χ0) is 25.5. The van der Waals surface area contributed by atoms with Gasteiger partial charge in [0.05, 0.1) is 6.61 Å². The van der Waals surface area contributed by atoms with Crippen molar-refractivity contribution < 1.29 is 4.74 Å². The first-order valence-corrected chi connectivity index (χ1v) is 15.0. The number of hydrogen-bond donors (Lipinski definition) is 0. The van der Waals surface area contributed by atoms with Gasteiger partial charge in [-0.25, -0.2) is 9.97 Å². The SMILES string of the molecule is CCCCCCc1ccc(-c2ncc(-c3ccc(OCCCCCCCC4CCCC4)cc3)cn2)cc1. The van der Waals surface area contributed by atoms with Gasteiger partial charge in [-0.2, -0.15) is 0 Å². The van der Waals surface area contributed by atoms with Crippen LogP contribution in [0.1, 0.15) is 102 Å². The molecular formula is C34H46N2O. The van der Waals surface area contributed by atoms with Gasteiger partial charge in [-0.3, -0.25) is 0 Å². The van der Waals surface area contributed by atoms with Crippen LogP contribution in [-0.4, -0.2) is 16.6 Å². The number of aryl methyl sites for hydroxylation is 1. The van der Waals surface area contributed by atoms with Crippen LogP contribution < -0.4 is 4.74 Å². The molecular weight excluding hydrogens is 452 g/mol. The standard InChI is InChI=1S/C34H46N2O/c1-2-3-4-8-14-29-17-19-31(20-18-29)34-35-26-32(27-36-34)30-21-23-33(24-22-30)37-25-12-7-5-6-9-13-28-15-10-11-16-28/h17-24,26-28H,2-16,25H2,1H3. The third-order valence-electron chi connectivity index (χ3n) is 7.87. The molecule has 1 heterocycles. The lowest BCUT2D eigenvalue weighted by Gasteiger charge is -2.09. The molecule has 0 amide bonds. The molecule has 0 N–H and O–H groups in total. The molecule has 1 fully saturated rings. The lowest BCUT2D eigenvalue weighted by molar-refractivity contribution is 0.304. The smallest absolute Gasteiger partial charge is 0.159 e. The van der Waals surface area contributed by atoms with Crippen molar-refractivity contribution in [3.63, 3.8) is 0 Å². The van der Waals surface area contributed by atoms with Gasteiger partial charge in [-0.1, -0.05) is 120 Å². The summed E-state index contributed by atoms with van der Waals surface area (Å²) >= 11 is 0. The molecule has 0 radical (unpaired) electrons. The Hall–Kier alpha value is -2.68. The minimum atomic E-state index is 0.778. The van der Waals surface area contributed by atoms with Gasteiger partial charge in [0.1, 0.15) is 5.75 Å². The third-order valence-corrected chi connectivity index (χ3v) is 7.87. The molecule has 4 rings (SSSR count). The van der Waals surface area contributed by atoms with Crippen LogP contribution in [0.4, 0.5) is 0 Å². The number of benzene rings is 2. The highest BCUT2D eigenvalue weighted by molar-refractivity contribution is 5.64. The molecule has 1 aromatic heterocycles. The third kappa shape index (κ3) is 9.29. The monoisotopic (exact) mass is 498 g/mol. The maximum absolute atomic E-state index is 5.98. The molecule has 2 aromatic carbocycles. The summed E-state index contributed by atoms with van der Waals surface area (Å²) in [4.78, 5) is 9.27. The van der Waals surface area contributed by atoms with Gasteiger partial charge in [0.15, 0.2) is 5.82 Å². The van der Waals surface area contributed by atoms with Crippen LogP contribution in [0, 0.1) is 5.92 Å². The summed E-state index contributed by atoms with van der Waals surface area (Å²) in [7, 11) is 0. The highest BCUT2D eigenvalue weighted by Crippen LogP contribution is 2.29. The molecule has 198 valence electrons. The second-order valence-corrected chi connectivity index (χ2v) is 10.9. The minimum Gasteiger partial charge on any atom is -0.494 e. The fourth-order valence-corrected chi connectivity index (χ4v) is 5.50. The van der Waals surface area contributed by atoms with Gasteiger partial charge in [0.25, 0.3) is 0 Å². The largest absolute Gasteiger partial charge is 0.494 e. The molecule has 0 aliphatic heterocycles. The van der Waals surface area contributed by atoms with Crippen LogP contribution >= 0.6 is 0 Å². The van der Waals surface area contributed by atoms with Crippen LogP contribution in [0.3, 0.4) is 0 Å². The topological polar surface area (TPSA) is 35.0 Å². The van der Waals surface area contributed by atoms with Crippen molar-refractivity contribution in [2.24, 2.45) is 5.92 Å². The van der Waals surface area contributed by atoms with Crippen molar-refractivity contribution in [3.8, 4) is 28.3 Å². The van der Waals surface area contributed by atoms with Gasteiger partial charge >= 0.3 is 0 Å². The van der Waals surface area contributed by atoms with Gasteiger partial charge in [0.2, 0.25) is 0 Å². The Morgan fingerprint density at radius 2 is 1.32 bits per heavy atom. The molecule has 1 aliphatic carbocycles. The average Bonchev–Trinajstić information content (AvgIpc) is 3.47. The molecule has 3 aromatic rings. The van der Waals surface area contributed by atoms with E-state index < -0.39 is 0 Å². The Labute approximate surface area is 225 Å². The summed E-state index contributed by atoms with van der Waals surface area (Å²) < 4.78 is 5.98. The normalized spacial score (nSPS) is 13.8. The van der Waals surface area contributed by atoms with Crippen molar-refractivity contribution in [2.75, 3.05) is 6.61 Å². The number of ether oxygens (including phenoxy) is 1. The van der Waals surface area contributed by atoms with E-state index in [0.717, 1.165) is 53.6 Å². The first kappa shape index (κ1) is 27.4. The number of unbranched alkanes of at least 4 members (excludes halogenated alkanes) is 7. The van der Waals surface area contributed by atoms with Crippen molar-refractivity contribution in [3.05, 3.63) is 66.5 Å². The average molecular weight is 499 g/mol. The van der Waals surface area contributed by atoms with Gasteiger partial charge < -0.3 is 4.74 Å². The van der Waals surface area contributed by atoms with Crippen LogP contribution in [-0.2, 0) is 6.42 Å². The molecule has 0 spiro atoms. The molecule has 3 nitrogen and oxygen atoms in total. The van der Waals surface area contributed by atoms with Crippen molar-refractivity contribution in [2.45, 2.75) is 103 Å². The van der Waals surface area contributed by atoms with Crippen LogP contribution in [0.2, 0.25) is 0 Å². The quantitative estimate of drug-likeness (QED) is 0.184. The predicted molar refractivity (Wildman–Crippen MR) is 156 cm³/mol. The van der Waals surface area contributed by atoms with Crippen molar-refractivity contribution in [1.29, 1.82) is 0 Å². The summed E-state index contributed by atoms with van der Waals surface area (Å²) in [6, 6.07) is 17.0. The number of nitrogens with zero attached hydrogens (tertiary/aromatic N) is 2. The highest BCUT2D eigenvalue weighted by atomic mass is 16.5. The van der Waals surface area contributed by atoms with E-state index in [1.807, 2.05) is 12.4 Å². The molecule has 0 saturated heterocycles. The van der Waals surface area contributed by atoms with E-state index in [0.29, 0.717) is 0 Å². The second kappa shape index (κ2) is 15.5. The zero-order valence-corrected chi connectivity index (χ0v) is 23.0. The Morgan fingerprint density at radius 3 is 2.05 bits per heavy atom. The molecule has 0 unspecified atom stereocenters. The van der Waals surface area contributed by atoms with Gasteiger partial charge in [0, 0.05) is 23.5 Å². The Morgan fingerprint density at radius 1 is 0.676 bits per heavy atom. The summed E-state index contributed by atoms with van der Waals surface area (Å²) in [6.07, 6.45) is 24.1. The van der Waals surface area contributed by atoms with Crippen LogP contribution in [0.25, 0.3) is 22.5 Å². The lowest BCUT2D eigenvalue weighted by Crippen LogP contribution is -1.97. The Bertz CT molecular complexity index is 1010. The van der Waals surface area contributed by atoms with Crippen molar-refractivity contribution >= 4 is 0 Å². The van der Waals surface area contributed by atoms with E-state index >= 15 is 0 Å². The number of rotatable bonds is 16. The molecule has 37 heavy (non-hydrogen) atoms. The first-order valence-electron chi connectivity index (χ1n) is 15.0. The minimum absolute atomic E-state index is 0.778. The van der Waals surface area contributed by atoms with E-state index in [4.69, 9.17) is 4.74 Å². The molecule has 0 bridgehead atoms. The van der Waals surface area contributed by atoms with E-state index in [1.165, 1.54) is 89.0 Å². The van der Waals surface area contributed by atoms with E-state index in [-0.39, 0.29) is 0 Å². The van der Waals surface area contributed by atoms with E-state index in [1.54, 1.807) is 0 Å². The van der Waals surface area contributed by atoms with Gasteiger partial charge in [-0.05, 0) is 48.4 Å². The fraction of sp³-hybridized carbons (Fsp3) is 0.529. The molecule has 1 saturated carbocycles. The van der Waals surface area contributed by atoms with Gasteiger partial charge in [-0.15, -0.1) is 0 Å². The Balaban J connectivity index is 1.15. The number of aromatic nitrogens is 2. The summed E-state index contributed by atoms with van der Waals surface area (Å²) in [5.74, 6) is 2.76. The number of hydrogen-bond acceptors (Lipinski definition) is 3. The molecule has 3 heteroatoms. The summed E-state index contributed by atoms with van der Waals surface area (Å²) in [5, 5.41) is 0. The van der Waals surface area contributed by atoms with Crippen LogP contribution in [0.15, 0.2) is 60.9 Å². The highest BCUT2D eigenvalue weighted by Gasteiger charge is 2.13. The summed E-state index contributed by atoms with van der Waals surface area (Å²) in [6.45, 7) is 3.06. The molecule has 1 aliphatic rings. The maximum Gasteiger partial charge on any atom is 0.159 e. The zero-order valence-electron chi connectivity index (χ0n) is 23.0. The van der Waals surface area contributed by atoms with E-state index in [9.17, 15) is 0 Å². The van der Waals surface area contributed by atoms with Crippen molar-refractivity contribution in [1.82, 2.24) is 9.97 Å².